The van der Waals surface area contributed by atoms with Crippen LogP contribution in [0, 0.1) is 0 Å². The molecule has 150 valence electrons. The number of nitrogens with zero attached hydrogens (tertiary/aromatic N) is 6. The van der Waals surface area contributed by atoms with Crippen LogP contribution in [0.25, 0.3) is 11.1 Å². The average molecular weight is 394 g/mol. The lowest BCUT2D eigenvalue weighted by Crippen LogP contribution is -2.42. The molecule has 0 spiro atoms. The van der Waals surface area contributed by atoms with Crippen molar-refractivity contribution in [3.63, 3.8) is 0 Å². The summed E-state index contributed by atoms with van der Waals surface area (Å²) < 4.78 is 12.7. The van der Waals surface area contributed by atoms with Crippen molar-refractivity contribution in [3.8, 4) is 16.9 Å². The molecule has 0 radical (unpaired) electrons. The topological polar surface area (TPSA) is 95.3 Å². The predicted molar refractivity (Wildman–Crippen MR) is 104 cm³/mol. The van der Waals surface area contributed by atoms with Gasteiger partial charge in [-0.2, -0.15) is 0 Å². The second kappa shape index (κ2) is 8.78. The molecule has 1 fully saturated rings. The average Bonchev–Trinajstić information content (AvgIpc) is 3.31. The lowest BCUT2D eigenvalue weighted by atomic mass is 10.1. The molecule has 1 aliphatic rings. The van der Waals surface area contributed by atoms with Crippen LogP contribution in [0.2, 0.25) is 0 Å². The van der Waals surface area contributed by atoms with Crippen LogP contribution in [0.3, 0.4) is 0 Å². The molecular formula is C20H22N6O3. The van der Waals surface area contributed by atoms with E-state index in [-0.39, 0.29) is 12.0 Å². The van der Waals surface area contributed by atoms with Crippen LogP contribution in [0.5, 0.6) is 5.75 Å². The lowest BCUT2D eigenvalue weighted by Gasteiger charge is -2.32. The van der Waals surface area contributed by atoms with E-state index in [0.29, 0.717) is 32.7 Å². The Balaban J connectivity index is 1.39. The number of pyridine rings is 1. The van der Waals surface area contributed by atoms with Gasteiger partial charge in [0.05, 0.1) is 32.5 Å². The smallest absolute Gasteiger partial charge is 0.224 e. The molecule has 3 aromatic rings. The van der Waals surface area contributed by atoms with Gasteiger partial charge in [0.25, 0.3) is 0 Å². The van der Waals surface area contributed by atoms with E-state index in [0.717, 1.165) is 22.6 Å². The second-order valence-corrected chi connectivity index (χ2v) is 6.73. The third kappa shape index (κ3) is 4.57. The Labute approximate surface area is 168 Å². The van der Waals surface area contributed by atoms with Crippen molar-refractivity contribution < 1.29 is 14.3 Å². The van der Waals surface area contributed by atoms with Crippen molar-refractivity contribution in [1.82, 2.24) is 30.1 Å². The van der Waals surface area contributed by atoms with Crippen LogP contribution in [0.1, 0.15) is 18.2 Å². The minimum absolute atomic E-state index is 0.0572. The van der Waals surface area contributed by atoms with E-state index < -0.39 is 0 Å². The third-order valence-corrected chi connectivity index (χ3v) is 4.88. The summed E-state index contributed by atoms with van der Waals surface area (Å²) in [6.45, 7) is 2.01. The molecule has 0 unspecified atom stereocenters. The zero-order valence-corrected chi connectivity index (χ0v) is 16.1. The number of carbonyl (C=O) groups is 1. The molecular weight excluding hydrogens is 372 g/mol. The van der Waals surface area contributed by atoms with Gasteiger partial charge in [0.1, 0.15) is 18.2 Å². The fourth-order valence-corrected chi connectivity index (χ4v) is 3.27. The highest BCUT2D eigenvalue weighted by atomic mass is 16.5. The van der Waals surface area contributed by atoms with E-state index in [4.69, 9.17) is 9.47 Å². The van der Waals surface area contributed by atoms with Gasteiger partial charge in [-0.15, -0.1) is 5.10 Å². The maximum Gasteiger partial charge on any atom is 0.224 e. The van der Waals surface area contributed by atoms with Crippen molar-refractivity contribution >= 4 is 5.91 Å². The number of morpholine rings is 1. The van der Waals surface area contributed by atoms with Crippen LogP contribution in [-0.4, -0.2) is 62.8 Å². The Morgan fingerprint density at radius 2 is 2.21 bits per heavy atom. The number of rotatable bonds is 6. The van der Waals surface area contributed by atoms with E-state index in [1.165, 1.54) is 6.33 Å². The summed E-state index contributed by atoms with van der Waals surface area (Å²) in [5, 5.41) is 10.9. The molecule has 9 nitrogen and oxygen atoms in total. The summed E-state index contributed by atoms with van der Waals surface area (Å²) >= 11 is 0. The van der Waals surface area contributed by atoms with Gasteiger partial charge in [-0.05, 0) is 34.2 Å². The number of carbonyl (C=O) groups excluding carboxylic acids is 1. The summed E-state index contributed by atoms with van der Waals surface area (Å²) in [6, 6.07) is 11.8. The highest BCUT2D eigenvalue weighted by Gasteiger charge is 2.26. The lowest BCUT2D eigenvalue weighted by molar-refractivity contribution is -0.139. The second-order valence-electron chi connectivity index (χ2n) is 6.73. The summed E-state index contributed by atoms with van der Waals surface area (Å²) in [6.07, 6.45) is 3.44. The molecule has 0 bridgehead atoms. The Morgan fingerprint density at radius 1 is 1.28 bits per heavy atom. The van der Waals surface area contributed by atoms with Gasteiger partial charge in [-0.1, -0.05) is 18.2 Å². The minimum atomic E-state index is -0.236. The van der Waals surface area contributed by atoms with Gasteiger partial charge in [-0.3, -0.25) is 9.78 Å². The number of hydrogen-bond donors (Lipinski definition) is 0. The van der Waals surface area contributed by atoms with Crippen LogP contribution in [-0.2, 0) is 16.1 Å². The van der Waals surface area contributed by atoms with Gasteiger partial charge in [0.15, 0.2) is 0 Å². The Morgan fingerprint density at radius 3 is 2.97 bits per heavy atom. The Kier molecular flexibility index (Phi) is 5.76. The Bertz CT molecular complexity index is 945. The van der Waals surface area contributed by atoms with Gasteiger partial charge < -0.3 is 14.4 Å². The summed E-state index contributed by atoms with van der Waals surface area (Å²) in [7, 11) is 1.65. The van der Waals surface area contributed by atoms with E-state index in [2.05, 4.69) is 20.5 Å². The van der Waals surface area contributed by atoms with Crippen LogP contribution in [0.4, 0.5) is 0 Å². The van der Waals surface area contributed by atoms with Crippen molar-refractivity contribution in [2.75, 3.05) is 26.8 Å². The first-order valence-corrected chi connectivity index (χ1v) is 9.43. The number of amides is 1. The maximum absolute atomic E-state index is 12.5. The van der Waals surface area contributed by atoms with Crippen LogP contribution in [0.15, 0.2) is 48.9 Å². The number of benzene rings is 1. The number of ether oxygens (including phenoxy) is 2. The van der Waals surface area contributed by atoms with E-state index in [1.54, 1.807) is 11.8 Å². The molecule has 1 aromatic carbocycles. The summed E-state index contributed by atoms with van der Waals surface area (Å²) in [5.41, 5.74) is 2.85. The number of hydrogen-bond acceptors (Lipinski definition) is 7. The highest BCUT2D eigenvalue weighted by molar-refractivity contribution is 5.76. The molecule has 0 saturated carbocycles. The quantitative estimate of drug-likeness (QED) is 0.628. The molecule has 0 aliphatic carbocycles. The molecule has 0 N–H and O–H groups in total. The first-order valence-electron chi connectivity index (χ1n) is 9.43. The van der Waals surface area contributed by atoms with E-state index >= 15 is 0 Å². The number of tetrazole rings is 1. The van der Waals surface area contributed by atoms with Crippen LogP contribution >= 0.6 is 0 Å². The molecule has 4 rings (SSSR count). The van der Waals surface area contributed by atoms with Gasteiger partial charge in [0.2, 0.25) is 5.91 Å². The largest absolute Gasteiger partial charge is 0.497 e. The predicted octanol–water partition coefficient (Wildman–Crippen LogP) is 1.73. The molecule has 1 amide bonds. The van der Waals surface area contributed by atoms with Gasteiger partial charge in [-0.25, -0.2) is 4.68 Å². The number of aromatic nitrogens is 5. The van der Waals surface area contributed by atoms with Gasteiger partial charge in [0, 0.05) is 24.7 Å². The Hall–Kier alpha value is -3.33. The molecule has 1 saturated heterocycles. The first-order chi connectivity index (χ1) is 14.2. The van der Waals surface area contributed by atoms with Crippen molar-refractivity contribution in [2.24, 2.45) is 0 Å². The first kappa shape index (κ1) is 19.0. The molecule has 1 atom stereocenters. The normalized spacial score (nSPS) is 16.6. The van der Waals surface area contributed by atoms with Crippen LogP contribution < -0.4 is 4.74 Å². The van der Waals surface area contributed by atoms with E-state index in [1.807, 2.05) is 47.5 Å². The van der Waals surface area contributed by atoms with Crippen molar-refractivity contribution in [3.05, 3.63) is 54.6 Å². The fourth-order valence-electron chi connectivity index (χ4n) is 3.27. The third-order valence-electron chi connectivity index (χ3n) is 4.88. The van der Waals surface area contributed by atoms with Crippen molar-refractivity contribution in [1.29, 1.82) is 0 Å². The molecule has 29 heavy (non-hydrogen) atoms. The zero-order valence-electron chi connectivity index (χ0n) is 16.1. The summed E-state index contributed by atoms with van der Waals surface area (Å²) in [4.78, 5) is 18.9. The minimum Gasteiger partial charge on any atom is -0.497 e. The number of aryl methyl sites for hydroxylation is 1. The number of methoxy groups -OCH3 is 1. The molecule has 9 heteroatoms. The molecule has 2 aromatic heterocycles. The SMILES string of the molecule is COc1cccc(-c2ccc([C@@H]3CN(C(=O)CCn4cnnn4)CCO3)nc2)c1. The molecule has 1 aliphatic heterocycles. The highest BCUT2D eigenvalue weighted by Crippen LogP contribution is 2.26. The standard InChI is InChI=1S/C20H22N6O3/c1-28-17-4-2-3-15(11-17)16-5-6-18(21-12-16)19-13-25(9-10-29-19)20(27)7-8-26-14-22-23-24-26/h2-6,11-12,14,19H,7-10,13H2,1H3/t19-/m0/s1. The van der Waals surface area contributed by atoms with Crippen molar-refractivity contribution in [2.45, 2.75) is 19.1 Å². The zero-order chi connectivity index (χ0) is 20.1. The van der Waals surface area contributed by atoms with Gasteiger partial charge >= 0.3 is 0 Å². The summed E-state index contributed by atoms with van der Waals surface area (Å²) in [5.74, 6) is 0.861. The maximum atomic E-state index is 12.5. The monoisotopic (exact) mass is 394 g/mol. The fraction of sp³-hybridized carbons (Fsp3) is 0.350. The molecule has 3 heterocycles. The van der Waals surface area contributed by atoms with E-state index in [9.17, 15) is 4.79 Å².